The number of hydrogen-bond donors (Lipinski definition) is 0. The number of benzene rings is 3. The fourth-order valence-corrected chi connectivity index (χ4v) is 3.47. The molecule has 28 heavy (non-hydrogen) atoms. The highest BCUT2D eigenvalue weighted by Crippen LogP contribution is 2.26. The molecule has 1 heterocycles. The second-order valence-electron chi connectivity index (χ2n) is 6.97. The molecule has 1 aliphatic heterocycles. The van der Waals surface area contributed by atoms with Gasteiger partial charge in [0.15, 0.2) is 0 Å². The molecule has 3 aromatic carbocycles. The first-order valence-corrected chi connectivity index (χ1v) is 9.67. The van der Waals surface area contributed by atoms with Gasteiger partial charge in [-0.25, -0.2) is 0 Å². The van der Waals surface area contributed by atoms with Crippen LogP contribution in [0, 0.1) is 0 Å². The molecule has 0 atom stereocenters. The molecular formula is C24H24N2O2. The quantitative estimate of drug-likeness (QED) is 0.664. The minimum atomic E-state index is 0.0332. The summed E-state index contributed by atoms with van der Waals surface area (Å²) in [6, 6.07) is 27.5. The van der Waals surface area contributed by atoms with Gasteiger partial charge in [-0.15, -0.1) is 0 Å². The van der Waals surface area contributed by atoms with Gasteiger partial charge in [0, 0.05) is 32.7 Å². The smallest absolute Gasteiger partial charge is 0.257 e. The first-order chi connectivity index (χ1) is 13.8. The normalized spacial score (nSPS) is 14.6. The van der Waals surface area contributed by atoms with Crippen molar-refractivity contribution in [3.05, 3.63) is 96.1 Å². The van der Waals surface area contributed by atoms with Gasteiger partial charge in [0.2, 0.25) is 0 Å². The molecule has 142 valence electrons. The number of carbonyl (C=O) groups is 1. The lowest BCUT2D eigenvalue weighted by Crippen LogP contribution is -2.48. The van der Waals surface area contributed by atoms with E-state index < -0.39 is 0 Å². The largest absolute Gasteiger partial charge is 0.457 e. The third-order valence-corrected chi connectivity index (χ3v) is 5.00. The maximum absolute atomic E-state index is 13.1. The number of para-hydroxylation sites is 2. The molecule has 4 heteroatoms. The van der Waals surface area contributed by atoms with E-state index in [2.05, 4.69) is 29.2 Å². The Labute approximate surface area is 166 Å². The molecule has 3 aromatic rings. The second kappa shape index (κ2) is 8.72. The molecular weight excluding hydrogens is 348 g/mol. The molecule has 4 rings (SSSR count). The minimum absolute atomic E-state index is 0.0332. The summed E-state index contributed by atoms with van der Waals surface area (Å²) in [5.74, 6) is 1.37. The monoisotopic (exact) mass is 372 g/mol. The van der Waals surface area contributed by atoms with Gasteiger partial charge in [-0.2, -0.15) is 0 Å². The summed E-state index contributed by atoms with van der Waals surface area (Å²) in [5, 5.41) is 0. The van der Waals surface area contributed by atoms with Crippen LogP contribution >= 0.6 is 0 Å². The molecule has 0 unspecified atom stereocenters. The predicted molar refractivity (Wildman–Crippen MR) is 111 cm³/mol. The first-order valence-electron chi connectivity index (χ1n) is 9.67. The van der Waals surface area contributed by atoms with E-state index in [0.29, 0.717) is 11.3 Å². The summed E-state index contributed by atoms with van der Waals surface area (Å²) in [6.07, 6.45) is 0. The average Bonchev–Trinajstić information content (AvgIpc) is 2.76. The molecule has 0 spiro atoms. The highest BCUT2D eigenvalue weighted by atomic mass is 16.5. The van der Waals surface area contributed by atoms with Crippen molar-refractivity contribution in [3.63, 3.8) is 0 Å². The van der Waals surface area contributed by atoms with Crippen LogP contribution in [0.1, 0.15) is 15.9 Å². The molecule has 1 aliphatic rings. The van der Waals surface area contributed by atoms with Gasteiger partial charge in [0.25, 0.3) is 5.91 Å². The highest BCUT2D eigenvalue weighted by Gasteiger charge is 2.24. The van der Waals surface area contributed by atoms with Crippen LogP contribution in [0.3, 0.4) is 0 Å². The van der Waals surface area contributed by atoms with E-state index in [4.69, 9.17) is 4.74 Å². The summed E-state index contributed by atoms with van der Waals surface area (Å²) in [5.41, 5.74) is 1.92. The topological polar surface area (TPSA) is 32.8 Å². The molecule has 0 aromatic heterocycles. The van der Waals surface area contributed by atoms with Crippen LogP contribution in [0.5, 0.6) is 11.5 Å². The van der Waals surface area contributed by atoms with Gasteiger partial charge < -0.3 is 9.64 Å². The maximum Gasteiger partial charge on any atom is 0.257 e. The van der Waals surface area contributed by atoms with Crippen molar-refractivity contribution < 1.29 is 9.53 Å². The Morgan fingerprint density at radius 2 is 1.36 bits per heavy atom. The van der Waals surface area contributed by atoms with Gasteiger partial charge >= 0.3 is 0 Å². The van der Waals surface area contributed by atoms with E-state index in [0.717, 1.165) is 38.5 Å². The van der Waals surface area contributed by atoms with Crippen LogP contribution in [0.2, 0.25) is 0 Å². The van der Waals surface area contributed by atoms with E-state index in [1.165, 1.54) is 5.56 Å². The van der Waals surface area contributed by atoms with E-state index in [-0.39, 0.29) is 5.91 Å². The Bertz CT molecular complexity index is 904. The molecule has 0 aliphatic carbocycles. The van der Waals surface area contributed by atoms with E-state index >= 15 is 0 Å². The van der Waals surface area contributed by atoms with Crippen molar-refractivity contribution in [1.29, 1.82) is 0 Å². The fraction of sp³-hybridized carbons (Fsp3) is 0.208. The Hall–Kier alpha value is -3.11. The Kier molecular flexibility index (Phi) is 5.69. The molecule has 1 amide bonds. The van der Waals surface area contributed by atoms with Gasteiger partial charge in [-0.3, -0.25) is 9.69 Å². The van der Waals surface area contributed by atoms with Crippen LogP contribution in [0.15, 0.2) is 84.9 Å². The number of nitrogens with zero attached hydrogens (tertiary/aromatic N) is 2. The lowest BCUT2D eigenvalue weighted by Gasteiger charge is -2.35. The summed E-state index contributed by atoms with van der Waals surface area (Å²) < 4.78 is 5.96. The minimum Gasteiger partial charge on any atom is -0.457 e. The second-order valence-corrected chi connectivity index (χ2v) is 6.97. The number of piperazine rings is 1. The van der Waals surface area contributed by atoms with Crippen molar-refractivity contribution in [3.8, 4) is 11.5 Å². The van der Waals surface area contributed by atoms with Crippen LogP contribution in [0.4, 0.5) is 0 Å². The number of amides is 1. The summed E-state index contributed by atoms with van der Waals surface area (Å²) in [7, 11) is 0. The van der Waals surface area contributed by atoms with Crippen molar-refractivity contribution in [1.82, 2.24) is 9.80 Å². The van der Waals surface area contributed by atoms with Crippen molar-refractivity contribution in [2.45, 2.75) is 6.54 Å². The average molecular weight is 372 g/mol. The van der Waals surface area contributed by atoms with Gasteiger partial charge in [-0.05, 0) is 29.8 Å². The van der Waals surface area contributed by atoms with Crippen molar-refractivity contribution in [2.75, 3.05) is 26.2 Å². The van der Waals surface area contributed by atoms with Crippen LogP contribution in [-0.4, -0.2) is 41.9 Å². The number of carbonyl (C=O) groups excluding carboxylic acids is 1. The zero-order valence-electron chi connectivity index (χ0n) is 15.8. The van der Waals surface area contributed by atoms with Crippen LogP contribution in [0.25, 0.3) is 0 Å². The van der Waals surface area contributed by atoms with E-state index in [1.54, 1.807) is 0 Å². The maximum atomic E-state index is 13.1. The summed E-state index contributed by atoms with van der Waals surface area (Å²) in [4.78, 5) is 17.4. The molecule has 0 radical (unpaired) electrons. The predicted octanol–water partition coefficient (Wildman–Crippen LogP) is 4.44. The lowest BCUT2D eigenvalue weighted by molar-refractivity contribution is 0.0626. The highest BCUT2D eigenvalue weighted by molar-refractivity contribution is 5.97. The molecule has 1 fully saturated rings. The van der Waals surface area contributed by atoms with Crippen LogP contribution < -0.4 is 4.74 Å². The Morgan fingerprint density at radius 3 is 2.07 bits per heavy atom. The molecule has 0 N–H and O–H groups in total. The third kappa shape index (κ3) is 4.41. The Morgan fingerprint density at radius 1 is 0.750 bits per heavy atom. The first kappa shape index (κ1) is 18.3. The molecule has 1 saturated heterocycles. The standard InChI is InChI=1S/C24H24N2O2/c27-24(22-13-7-8-14-23(22)28-21-11-5-2-6-12-21)26-17-15-25(16-18-26)19-20-9-3-1-4-10-20/h1-14H,15-19H2. The van der Waals surface area contributed by atoms with Gasteiger partial charge in [0.1, 0.15) is 11.5 Å². The fourth-order valence-electron chi connectivity index (χ4n) is 3.47. The summed E-state index contributed by atoms with van der Waals surface area (Å²) >= 11 is 0. The van der Waals surface area contributed by atoms with Crippen molar-refractivity contribution >= 4 is 5.91 Å². The van der Waals surface area contributed by atoms with Crippen LogP contribution in [-0.2, 0) is 6.54 Å². The SMILES string of the molecule is O=C(c1ccccc1Oc1ccccc1)N1CCN(Cc2ccccc2)CC1. The Balaban J connectivity index is 1.40. The van der Waals surface area contributed by atoms with E-state index in [1.807, 2.05) is 65.6 Å². The number of ether oxygens (including phenoxy) is 1. The zero-order valence-corrected chi connectivity index (χ0v) is 15.8. The summed E-state index contributed by atoms with van der Waals surface area (Å²) in [6.45, 7) is 4.14. The lowest BCUT2D eigenvalue weighted by atomic mass is 10.1. The van der Waals surface area contributed by atoms with Gasteiger partial charge in [0.05, 0.1) is 5.56 Å². The third-order valence-electron chi connectivity index (χ3n) is 5.00. The molecule has 0 saturated carbocycles. The number of hydrogen-bond acceptors (Lipinski definition) is 3. The number of rotatable bonds is 5. The molecule has 0 bridgehead atoms. The van der Waals surface area contributed by atoms with Gasteiger partial charge in [-0.1, -0.05) is 60.7 Å². The van der Waals surface area contributed by atoms with Crippen molar-refractivity contribution in [2.24, 2.45) is 0 Å². The zero-order chi connectivity index (χ0) is 19.2. The van der Waals surface area contributed by atoms with E-state index in [9.17, 15) is 4.79 Å². The molecule has 4 nitrogen and oxygen atoms in total.